The van der Waals surface area contributed by atoms with Crippen LogP contribution in [0.2, 0.25) is 0 Å². The highest BCUT2D eigenvalue weighted by Crippen LogP contribution is 2.17. The van der Waals surface area contributed by atoms with Gasteiger partial charge in [-0.15, -0.1) is 0 Å². The molecule has 1 aromatic carbocycles. The Kier molecular flexibility index (Phi) is 4.59. The molecule has 0 radical (unpaired) electrons. The van der Waals surface area contributed by atoms with Gasteiger partial charge in [0.2, 0.25) is 0 Å². The second-order valence-corrected chi connectivity index (χ2v) is 4.66. The van der Waals surface area contributed by atoms with Crippen molar-refractivity contribution in [2.45, 2.75) is 31.7 Å². The van der Waals surface area contributed by atoms with Crippen LogP contribution in [0.5, 0.6) is 0 Å². The van der Waals surface area contributed by atoms with Gasteiger partial charge in [0.1, 0.15) is 0 Å². The van der Waals surface area contributed by atoms with Crippen LogP contribution in [0.4, 0.5) is 5.69 Å². The molecule has 4 nitrogen and oxygen atoms in total. The van der Waals surface area contributed by atoms with E-state index in [1.54, 1.807) is 0 Å². The number of benzene rings is 1. The van der Waals surface area contributed by atoms with E-state index in [9.17, 15) is 4.79 Å². The molecule has 1 aliphatic heterocycles. The maximum Gasteiger partial charge on any atom is 0.307 e. The third-order valence-corrected chi connectivity index (χ3v) is 3.11. The molecule has 0 saturated carbocycles. The third-order valence-electron chi connectivity index (χ3n) is 3.11. The Labute approximate surface area is 107 Å². The predicted octanol–water partition coefficient (Wildman–Crippen LogP) is 2.29. The summed E-state index contributed by atoms with van der Waals surface area (Å²) in [6.07, 6.45) is 3.25. The average molecular weight is 249 g/mol. The van der Waals surface area contributed by atoms with E-state index in [0.717, 1.165) is 43.7 Å². The first-order chi connectivity index (χ1) is 8.74. The van der Waals surface area contributed by atoms with E-state index in [0.29, 0.717) is 6.04 Å². The zero-order valence-electron chi connectivity index (χ0n) is 10.4. The lowest BCUT2D eigenvalue weighted by molar-refractivity contribution is -0.136. The van der Waals surface area contributed by atoms with E-state index in [4.69, 9.17) is 9.84 Å². The molecule has 1 unspecified atom stereocenters. The number of anilines is 1. The van der Waals surface area contributed by atoms with Gasteiger partial charge in [0.15, 0.2) is 0 Å². The summed E-state index contributed by atoms with van der Waals surface area (Å²) in [7, 11) is 0. The number of aliphatic carboxylic acids is 1. The fourth-order valence-electron chi connectivity index (χ4n) is 2.23. The molecule has 98 valence electrons. The molecule has 0 spiro atoms. The molecule has 4 heteroatoms. The van der Waals surface area contributed by atoms with Crippen molar-refractivity contribution in [3.05, 3.63) is 29.8 Å². The van der Waals surface area contributed by atoms with Crippen molar-refractivity contribution in [3.8, 4) is 0 Å². The van der Waals surface area contributed by atoms with Crippen LogP contribution in [0.1, 0.15) is 24.8 Å². The summed E-state index contributed by atoms with van der Waals surface area (Å²) in [4.78, 5) is 10.7. The van der Waals surface area contributed by atoms with Crippen LogP contribution >= 0.6 is 0 Å². The molecular formula is C14H19NO3. The highest BCUT2D eigenvalue weighted by atomic mass is 16.5. The van der Waals surface area contributed by atoms with Crippen molar-refractivity contribution in [1.29, 1.82) is 0 Å². The number of carboxylic acids is 1. The number of hydrogen-bond donors (Lipinski definition) is 2. The van der Waals surface area contributed by atoms with Crippen molar-refractivity contribution < 1.29 is 14.6 Å². The first kappa shape index (κ1) is 12.9. The van der Waals surface area contributed by atoms with Crippen molar-refractivity contribution in [1.82, 2.24) is 0 Å². The topological polar surface area (TPSA) is 58.6 Å². The number of rotatable bonds is 4. The van der Waals surface area contributed by atoms with E-state index >= 15 is 0 Å². The molecule has 0 aromatic heterocycles. The van der Waals surface area contributed by atoms with Gasteiger partial charge in [-0.25, -0.2) is 0 Å². The summed E-state index contributed by atoms with van der Waals surface area (Å²) in [5, 5.41) is 12.2. The molecule has 18 heavy (non-hydrogen) atoms. The molecule has 0 aliphatic carbocycles. The first-order valence-corrected chi connectivity index (χ1v) is 6.39. The minimum absolute atomic E-state index is 0.0727. The Morgan fingerprint density at radius 3 is 3.11 bits per heavy atom. The van der Waals surface area contributed by atoms with Gasteiger partial charge in [0.05, 0.1) is 6.42 Å². The number of hydrogen-bond acceptors (Lipinski definition) is 3. The van der Waals surface area contributed by atoms with Crippen LogP contribution < -0.4 is 5.32 Å². The van der Waals surface area contributed by atoms with Gasteiger partial charge in [-0.05, 0) is 37.0 Å². The third kappa shape index (κ3) is 4.04. The molecule has 1 saturated heterocycles. The summed E-state index contributed by atoms with van der Waals surface area (Å²) in [6.45, 7) is 1.64. The van der Waals surface area contributed by atoms with Gasteiger partial charge in [0, 0.05) is 24.9 Å². The SMILES string of the molecule is O=C(O)Cc1cccc(NC2CCCOCC2)c1. The monoisotopic (exact) mass is 249 g/mol. The highest BCUT2D eigenvalue weighted by Gasteiger charge is 2.12. The smallest absolute Gasteiger partial charge is 0.307 e. The summed E-state index contributed by atoms with van der Waals surface area (Å²) in [5.74, 6) is -0.796. The maximum absolute atomic E-state index is 10.7. The molecule has 1 atom stereocenters. The Morgan fingerprint density at radius 2 is 2.28 bits per heavy atom. The van der Waals surface area contributed by atoms with Gasteiger partial charge < -0.3 is 15.2 Å². The molecule has 2 rings (SSSR count). The zero-order chi connectivity index (χ0) is 12.8. The van der Waals surface area contributed by atoms with E-state index in [1.807, 2.05) is 24.3 Å². The summed E-state index contributed by atoms with van der Waals surface area (Å²) >= 11 is 0. The second-order valence-electron chi connectivity index (χ2n) is 4.66. The Balaban J connectivity index is 1.97. The molecule has 1 aromatic rings. The lowest BCUT2D eigenvalue weighted by atomic mass is 10.1. The molecule has 1 aliphatic rings. The molecule has 1 fully saturated rings. The first-order valence-electron chi connectivity index (χ1n) is 6.39. The number of carbonyl (C=O) groups is 1. The fraction of sp³-hybridized carbons (Fsp3) is 0.500. The van der Waals surface area contributed by atoms with Gasteiger partial charge in [-0.3, -0.25) is 4.79 Å². The number of nitrogens with one attached hydrogen (secondary N) is 1. The van der Waals surface area contributed by atoms with E-state index in [-0.39, 0.29) is 6.42 Å². The van der Waals surface area contributed by atoms with E-state index < -0.39 is 5.97 Å². The molecule has 0 bridgehead atoms. The normalized spacial score (nSPS) is 20.1. The minimum Gasteiger partial charge on any atom is -0.481 e. The van der Waals surface area contributed by atoms with E-state index in [1.165, 1.54) is 0 Å². The summed E-state index contributed by atoms with van der Waals surface area (Å²) in [5.41, 5.74) is 1.83. The molecule has 2 N–H and O–H groups in total. The van der Waals surface area contributed by atoms with Crippen LogP contribution in [-0.4, -0.2) is 30.3 Å². The van der Waals surface area contributed by atoms with Crippen LogP contribution in [0.15, 0.2) is 24.3 Å². The number of ether oxygens (including phenoxy) is 1. The summed E-state index contributed by atoms with van der Waals surface area (Å²) in [6, 6.07) is 8.06. The van der Waals surface area contributed by atoms with E-state index in [2.05, 4.69) is 5.32 Å². The predicted molar refractivity (Wildman–Crippen MR) is 69.9 cm³/mol. The lowest BCUT2D eigenvalue weighted by Crippen LogP contribution is -2.19. The van der Waals surface area contributed by atoms with Crippen LogP contribution in [0.3, 0.4) is 0 Å². The number of carboxylic acid groups (broad SMARTS) is 1. The van der Waals surface area contributed by atoms with Crippen LogP contribution in [0.25, 0.3) is 0 Å². The van der Waals surface area contributed by atoms with Gasteiger partial charge >= 0.3 is 5.97 Å². The van der Waals surface area contributed by atoms with Crippen molar-refractivity contribution >= 4 is 11.7 Å². The minimum atomic E-state index is -0.796. The maximum atomic E-state index is 10.7. The van der Waals surface area contributed by atoms with Gasteiger partial charge in [-0.2, -0.15) is 0 Å². The van der Waals surface area contributed by atoms with Crippen molar-refractivity contribution in [3.63, 3.8) is 0 Å². The van der Waals surface area contributed by atoms with Crippen molar-refractivity contribution in [2.24, 2.45) is 0 Å². The Morgan fingerprint density at radius 1 is 1.39 bits per heavy atom. The van der Waals surface area contributed by atoms with Crippen LogP contribution in [0, 0.1) is 0 Å². The fourth-order valence-corrected chi connectivity index (χ4v) is 2.23. The Bertz CT molecular complexity index is 398. The highest BCUT2D eigenvalue weighted by molar-refractivity contribution is 5.70. The lowest BCUT2D eigenvalue weighted by Gasteiger charge is -2.17. The standard InChI is InChI=1S/C14H19NO3/c16-14(17)10-11-3-1-4-13(9-11)15-12-5-2-7-18-8-6-12/h1,3-4,9,12,15H,2,5-8,10H2,(H,16,17). The molecule has 0 amide bonds. The zero-order valence-corrected chi connectivity index (χ0v) is 10.4. The molecular weight excluding hydrogens is 230 g/mol. The van der Waals surface area contributed by atoms with Crippen molar-refractivity contribution in [2.75, 3.05) is 18.5 Å². The summed E-state index contributed by atoms with van der Waals surface area (Å²) < 4.78 is 5.42. The quantitative estimate of drug-likeness (QED) is 0.859. The van der Waals surface area contributed by atoms with Crippen LogP contribution in [-0.2, 0) is 16.0 Å². The Hall–Kier alpha value is -1.55. The average Bonchev–Trinajstić information content (AvgIpc) is 2.57. The molecule has 1 heterocycles. The second kappa shape index (κ2) is 6.40. The largest absolute Gasteiger partial charge is 0.481 e. The van der Waals surface area contributed by atoms with Gasteiger partial charge in [-0.1, -0.05) is 12.1 Å². The van der Waals surface area contributed by atoms with Gasteiger partial charge in [0.25, 0.3) is 0 Å².